The number of hydrogen-bond acceptors (Lipinski definition) is 6. The van der Waals surface area contributed by atoms with E-state index in [-0.39, 0.29) is 0 Å². The van der Waals surface area contributed by atoms with Gasteiger partial charge in [-0.1, -0.05) is 0 Å². The fraction of sp³-hybridized carbons (Fsp3) is 0.417. The van der Waals surface area contributed by atoms with E-state index >= 15 is 0 Å². The van der Waals surface area contributed by atoms with Gasteiger partial charge in [0.2, 0.25) is 5.88 Å². The highest BCUT2D eigenvalue weighted by atomic mass is 32.1. The van der Waals surface area contributed by atoms with Crippen molar-refractivity contribution in [1.82, 2.24) is 20.5 Å². The standard InChI is InChI=1S/C12H14N4OS/c1-17-11-5-4-9(15-16-11)12-14-10(7-18-12)8-3-2-6-13-8/h4-5,7-8,13H,2-3,6H2,1H3/t8-/m0/s1. The van der Waals surface area contributed by atoms with E-state index in [4.69, 9.17) is 4.74 Å². The van der Waals surface area contributed by atoms with E-state index in [1.807, 2.05) is 6.07 Å². The first kappa shape index (κ1) is 11.6. The van der Waals surface area contributed by atoms with Crippen molar-refractivity contribution in [2.24, 2.45) is 0 Å². The van der Waals surface area contributed by atoms with Crippen molar-refractivity contribution in [3.63, 3.8) is 0 Å². The first-order chi connectivity index (χ1) is 8.86. The molecule has 1 atom stereocenters. The topological polar surface area (TPSA) is 59.9 Å². The Labute approximate surface area is 109 Å². The molecular weight excluding hydrogens is 248 g/mol. The average molecular weight is 262 g/mol. The second-order valence-electron chi connectivity index (χ2n) is 4.19. The van der Waals surface area contributed by atoms with Crippen LogP contribution in [0.15, 0.2) is 17.5 Å². The lowest BCUT2D eigenvalue weighted by Crippen LogP contribution is -2.12. The molecule has 0 amide bonds. The molecule has 0 saturated carbocycles. The zero-order valence-electron chi connectivity index (χ0n) is 10.1. The molecule has 0 aromatic carbocycles. The molecule has 1 N–H and O–H groups in total. The van der Waals surface area contributed by atoms with Crippen molar-refractivity contribution in [2.75, 3.05) is 13.7 Å². The third-order valence-electron chi connectivity index (χ3n) is 3.01. The summed E-state index contributed by atoms with van der Waals surface area (Å²) < 4.78 is 4.99. The van der Waals surface area contributed by atoms with Gasteiger partial charge in [0.15, 0.2) is 0 Å². The summed E-state index contributed by atoms with van der Waals surface area (Å²) in [5.41, 5.74) is 1.91. The van der Waals surface area contributed by atoms with E-state index in [9.17, 15) is 0 Å². The maximum Gasteiger partial charge on any atom is 0.233 e. The summed E-state index contributed by atoms with van der Waals surface area (Å²) in [5.74, 6) is 0.521. The van der Waals surface area contributed by atoms with Gasteiger partial charge in [0.05, 0.1) is 18.8 Å². The van der Waals surface area contributed by atoms with Gasteiger partial charge in [-0.15, -0.1) is 21.5 Å². The quantitative estimate of drug-likeness (QED) is 0.917. The predicted molar refractivity (Wildman–Crippen MR) is 69.7 cm³/mol. The number of hydrogen-bond donors (Lipinski definition) is 1. The molecule has 1 aliphatic heterocycles. The van der Waals surface area contributed by atoms with E-state index < -0.39 is 0 Å². The van der Waals surface area contributed by atoms with Gasteiger partial charge >= 0.3 is 0 Å². The Balaban J connectivity index is 1.82. The number of ether oxygens (including phenoxy) is 1. The maximum absolute atomic E-state index is 4.99. The Kier molecular flexibility index (Phi) is 3.21. The molecule has 0 radical (unpaired) electrons. The van der Waals surface area contributed by atoms with Crippen molar-refractivity contribution < 1.29 is 4.74 Å². The zero-order valence-corrected chi connectivity index (χ0v) is 10.9. The third kappa shape index (κ3) is 2.21. The first-order valence-electron chi connectivity index (χ1n) is 5.94. The summed E-state index contributed by atoms with van der Waals surface area (Å²) >= 11 is 1.61. The second kappa shape index (κ2) is 4.99. The van der Waals surface area contributed by atoms with Gasteiger partial charge in [0.25, 0.3) is 0 Å². The van der Waals surface area contributed by atoms with Gasteiger partial charge in [0, 0.05) is 11.4 Å². The fourth-order valence-electron chi connectivity index (χ4n) is 2.04. The van der Waals surface area contributed by atoms with Crippen molar-refractivity contribution in [3.8, 4) is 16.6 Å². The van der Waals surface area contributed by atoms with E-state index in [1.165, 1.54) is 6.42 Å². The van der Waals surface area contributed by atoms with Crippen LogP contribution < -0.4 is 10.1 Å². The lowest BCUT2D eigenvalue weighted by Gasteiger charge is -2.04. The number of rotatable bonds is 3. The van der Waals surface area contributed by atoms with Crippen molar-refractivity contribution in [1.29, 1.82) is 0 Å². The highest BCUT2D eigenvalue weighted by Crippen LogP contribution is 2.28. The predicted octanol–water partition coefficient (Wildman–Crippen LogP) is 2.03. The summed E-state index contributed by atoms with van der Waals surface area (Å²) in [5, 5.41) is 14.5. The molecule has 1 fully saturated rings. The first-order valence-corrected chi connectivity index (χ1v) is 6.81. The average Bonchev–Trinajstić information content (AvgIpc) is 3.09. The molecule has 5 nitrogen and oxygen atoms in total. The highest BCUT2D eigenvalue weighted by molar-refractivity contribution is 7.13. The molecule has 0 aliphatic carbocycles. The lowest BCUT2D eigenvalue weighted by atomic mass is 10.2. The van der Waals surface area contributed by atoms with Gasteiger partial charge in [-0.25, -0.2) is 4.98 Å². The number of thiazole rings is 1. The van der Waals surface area contributed by atoms with E-state index in [1.54, 1.807) is 24.5 Å². The van der Waals surface area contributed by atoms with Gasteiger partial charge in [-0.3, -0.25) is 0 Å². The molecule has 3 heterocycles. The van der Waals surface area contributed by atoms with Crippen LogP contribution in [0.1, 0.15) is 24.6 Å². The van der Waals surface area contributed by atoms with Crippen LogP contribution in [0.25, 0.3) is 10.7 Å². The van der Waals surface area contributed by atoms with Crippen LogP contribution >= 0.6 is 11.3 Å². The Morgan fingerprint density at radius 3 is 3.00 bits per heavy atom. The SMILES string of the molecule is COc1ccc(-c2nc([C@@H]3CCCN3)cs2)nn1. The van der Waals surface area contributed by atoms with Gasteiger partial charge in [-0.2, -0.15) is 0 Å². The van der Waals surface area contributed by atoms with Crippen LogP contribution in [0.4, 0.5) is 0 Å². The minimum absolute atomic E-state index is 0.404. The van der Waals surface area contributed by atoms with Crippen molar-refractivity contribution in [3.05, 3.63) is 23.2 Å². The molecule has 3 rings (SSSR count). The molecule has 2 aromatic heterocycles. The number of nitrogens with one attached hydrogen (secondary N) is 1. The summed E-state index contributed by atoms with van der Waals surface area (Å²) in [7, 11) is 1.58. The molecule has 0 unspecified atom stereocenters. The largest absolute Gasteiger partial charge is 0.480 e. The Morgan fingerprint density at radius 2 is 2.33 bits per heavy atom. The third-order valence-corrected chi connectivity index (χ3v) is 3.89. The Morgan fingerprint density at radius 1 is 1.39 bits per heavy atom. The van der Waals surface area contributed by atoms with Gasteiger partial charge in [-0.05, 0) is 25.5 Å². The van der Waals surface area contributed by atoms with Crippen LogP contribution in [0.5, 0.6) is 5.88 Å². The van der Waals surface area contributed by atoms with Crippen LogP contribution in [0, 0.1) is 0 Å². The second-order valence-corrected chi connectivity index (χ2v) is 5.05. The van der Waals surface area contributed by atoms with E-state index in [2.05, 4.69) is 25.9 Å². The normalized spacial score (nSPS) is 19.1. The summed E-state index contributed by atoms with van der Waals surface area (Å²) in [6, 6.07) is 4.09. The molecule has 1 saturated heterocycles. The lowest BCUT2D eigenvalue weighted by molar-refractivity contribution is 0.392. The van der Waals surface area contributed by atoms with Gasteiger partial charge < -0.3 is 10.1 Å². The molecule has 94 valence electrons. The van der Waals surface area contributed by atoms with Gasteiger partial charge in [0.1, 0.15) is 10.7 Å². The number of nitrogens with zero attached hydrogens (tertiary/aromatic N) is 3. The maximum atomic E-state index is 4.99. The molecule has 2 aromatic rings. The van der Waals surface area contributed by atoms with Crippen molar-refractivity contribution in [2.45, 2.75) is 18.9 Å². The number of aromatic nitrogens is 3. The molecule has 0 bridgehead atoms. The monoisotopic (exact) mass is 262 g/mol. The minimum Gasteiger partial charge on any atom is -0.480 e. The number of methoxy groups -OCH3 is 1. The van der Waals surface area contributed by atoms with Crippen LogP contribution in [0.2, 0.25) is 0 Å². The molecular formula is C12H14N4OS. The zero-order chi connectivity index (χ0) is 12.4. The highest BCUT2D eigenvalue weighted by Gasteiger charge is 2.19. The molecule has 6 heteroatoms. The smallest absolute Gasteiger partial charge is 0.233 e. The fourth-order valence-corrected chi connectivity index (χ4v) is 2.88. The van der Waals surface area contributed by atoms with Crippen LogP contribution in [-0.4, -0.2) is 28.8 Å². The van der Waals surface area contributed by atoms with Crippen LogP contribution in [0.3, 0.4) is 0 Å². The Bertz CT molecular complexity index is 519. The van der Waals surface area contributed by atoms with E-state index in [0.717, 1.165) is 29.4 Å². The van der Waals surface area contributed by atoms with E-state index in [0.29, 0.717) is 11.9 Å². The minimum atomic E-state index is 0.404. The molecule has 0 spiro atoms. The summed E-state index contributed by atoms with van der Waals surface area (Å²) in [4.78, 5) is 4.63. The van der Waals surface area contributed by atoms with Crippen molar-refractivity contribution >= 4 is 11.3 Å². The molecule has 1 aliphatic rings. The summed E-state index contributed by atoms with van der Waals surface area (Å²) in [6.45, 7) is 1.08. The van der Waals surface area contributed by atoms with Crippen LogP contribution in [-0.2, 0) is 0 Å². The molecule has 18 heavy (non-hydrogen) atoms. The Hall–Kier alpha value is -1.53. The summed E-state index contributed by atoms with van der Waals surface area (Å²) in [6.07, 6.45) is 2.39.